The van der Waals surface area contributed by atoms with E-state index in [2.05, 4.69) is 6.08 Å². The Hall–Kier alpha value is -0.830. The van der Waals surface area contributed by atoms with Crippen molar-refractivity contribution in [1.29, 1.82) is 0 Å². The SMILES string of the molecule is CC(=O)O.OCC1=CC2CCC1C2. The average Bonchev–Trinajstić information content (AvgIpc) is 2.62. The van der Waals surface area contributed by atoms with E-state index >= 15 is 0 Å². The number of carboxylic acid groups (broad SMARTS) is 1. The fourth-order valence-electron chi connectivity index (χ4n) is 2.13. The highest BCUT2D eigenvalue weighted by Gasteiger charge is 2.31. The van der Waals surface area contributed by atoms with E-state index < -0.39 is 5.97 Å². The van der Waals surface area contributed by atoms with Gasteiger partial charge in [-0.25, -0.2) is 0 Å². The van der Waals surface area contributed by atoms with E-state index in [4.69, 9.17) is 15.0 Å². The Labute approximate surface area is 78.1 Å². The van der Waals surface area contributed by atoms with E-state index in [9.17, 15) is 0 Å². The van der Waals surface area contributed by atoms with Crippen LogP contribution in [0.5, 0.6) is 0 Å². The summed E-state index contributed by atoms with van der Waals surface area (Å²) in [7, 11) is 0. The second-order valence-electron chi connectivity index (χ2n) is 3.69. The first-order chi connectivity index (χ1) is 6.13. The quantitative estimate of drug-likeness (QED) is 0.606. The van der Waals surface area contributed by atoms with Gasteiger partial charge in [0.05, 0.1) is 6.61 Å². The molecule has 3 nitrogen and oxygen atoms in total. The summed E-state index contributed by atoms with van der Waals surface area (Å²) in [6, 6.07) is 0. The molecular formula is C10H16O3. The summed E-state index contributed by atoms with van der Waals surface area (Å²) in [5.74, 6) is 0.761. The van der Waals surface area contributed by atoms with Crippen LogP contribution in [0.1, 0.15) is 26.2 Å². The number of aliphatic hydroxyl groups is 1. The molecule has 13 heavy (non-hydrogen) atoms. The van der Waals surface area contributed by atoms with Gasteiger partial charge in [-0.05, 0) is 36.7 Å². The monoisotopic (exact) mass is 184 g/mol. The van der Waals surface area contributed by atoms with Gasteiger partial charge in [-0.2, -0.15) is 0 Å². The minimum absolute atomic E-state index is 0.307. The van der Waals surface area contributed by atoms with Crippen molar-refractivity contribution in [1.82, 2.24) is 0 Å². The molecule has 2 rings (SSSR count). The second kappa shape index (κ2) is 4.42. The summed E-state index contributed by atoms with van der Waals surface area (Å²) < 4.78 is 0. The Morgan fingerprint density at radius 3 is 2.46 bits per heavy atom. The zero-order chi connectivity index (χ0) is 9.84. The van der Waals surface area contributed by atoms with E-state index in [0.29, 0.717) is 6.61 Å². The summed E-state index contributed by atoms with van der Waals surface area (Å²) in [6.07, 6.45) is 6.30. The zero-order valence-corrected chi connectivity index (χ0v) is 7.86. The molecule has 2 unspecified atom stereocenters. The number of fused-ring (bicyclic) bond motifs is 2. The third kappa shape index (κ3) is 2.84. The molecule has 0 aromatic carbocycles. The van der Waals surface area contributed by atoms with Crippen molar-refractivity contribution in [2.75, 3.05) is 6.61 Å². The molecule has 1 saturated carbocycles. The van der Waals surface area contributed by atoms with Crippen LogP contribution >= 0.6 is 0 Å². The van der Waals surface area contributed by atoms with Crippen LogP contribution in [-0.4, -0.2) is 22.8 Å². The molecule has 2 atom stereocenters. The Morgan fingerprint density at radius 1 is 1.62 bits per heavy atom. The zero-order valence-electron chi connectivity index (χ0n) is 7.86. The number of aliphatic hydroxyl groups excluding tert-OH is 1. The molecule has 2 aliphatic rings. The standard InChI is InChI=1S/C8H12O.C2H4O2/c9-5-8-4-6-1-2-7(8)3-6;1-2(3)4/h4,6-7,9H,1-3,5H2;1H3,(H,3,4). The van der Waals surface area contributed by atoms with Crippen molar-refractivity contribution in [3.05, 3.63) is 11.6 Å². The van der Waals surface area contributed by atoms with Crippen LogP contribution in [0.15, 0.2) is 11.6 Å². The predicted octanol–water partition coefficient (Wildman–Crippen LogP) is 1.43. The lowest BCUT2D eigenvalue weighted by Gasteiger charge is -2.08. The van der Waals surface area contributed by atoms with Gasteiger partial charge in [0.25, 0.3) is 5.97 Å². The van der Waals surface area contributed by atoms with Crippen molar-refractivity contribution < 1.29 is 15.0 Å². The number of aliphatic carboxylic acids is 1. The molecule has 0 radical (unpaired) electrons. The summed E-state index contributed by atoms with van der Waals surface area (Å²) in [5.41, 5.74) is 1.31. The molecule has 0 saturated heterocycles. The lowest BCUT2D eigenvalue weighted by molar-refractivity contribution is -0.134. The highest BCUT2D eigenvalue weighted by Crippen LogP contribution is 2.43. The van der Waals surface area contributed by atoms with Crippen molar-refractivity contribution in [2.24, 2.45) is 11.8 Å². The van der Waals surface area contributed by atoms with Crippen LogP contribution in [0.25, 0.3) is 0 Å². The van der Waals surface area contributed by atoms with Crippen LogP contribution in [0.4, 0.5) is 0 Å². The topological polar surface area (TPSA) is 57.5 Å². The number of allylic oxidation sites excluding steroid dienone is 1. The van der Waals surface area contributed by atoms with Gasteiger partial charge in [0, 0.05) is 6.92 Å². The van der Waals surface area contributed by atoms with Gasteiger partial charge in [0.1, 0.15) is 0 Å². The number of carboxylic acids is 1. The maximum Gasteiger partial charge on any atom is 0.300 e. The minimum atomic E-state index is -0.833. The fourth-order valence-corrected chi connectivity index (χ4v) is 2.13. The molecule has 2 aliphatic carbocycles. The highest BCUT2D eigenvalue weighted by molar-refractivity contribution is 5.62. The van der Waals surface area contributed by atoms with Gasteiger partial charge in [0.15, 0.2) is 0 Å². The van der Waals surface area contributed by atoms with E-state index in [-0.39, 0.29) is 0 Å². The van der Waals surface area contributed by atoms with E-state index in [0.717, 1.165) is 18.8 Å². The maximum atomic E-state index is 9.00. The number of hydrogen-bond acceptors (Lipinski definition) is 2. The maximum absolute atomic E-state index is 9.00. The predicted molar refractivity (Wildman–Crippen MR) is 49.3 cm³/mol. The van der Waals surface area contributed by atoms with E-state index in [1.54, 1.807) is 0 Å². The lowest BCUT2D eigenvalue weighted by atomic mass is 10.00. The smallest absolute Gasteiger partial charge is 0.300 e. The van der Waals surface area contributed by atoms with Gasteiger partial charge in [-0.1, -0.05) is 6.08 Å². The van der Waals surface area contributed by atoms with Gasteiger partial charge >= 0.3 is 0 Å². The molecule has 0 aromatic rings. The summed E-state index contributed by atoms with van der Waals surface area (Å²) >= 11 is 0. The van der Waals surface area contributed by atoms with Crippen LogP contribution in [-0.2, 0) is 4.79 Å². The molecular weight excluding hydrogens is 168 g/mol. The van der Waals surface area contributed by atoms with Crippen LogP contribution in [0, 0.1) is 11.8 Å². The number of rotatable bonds is 1. The Kier molecular flexibility index (Phi) is 3.48. The number of hydrogen-bond donors (Lipinski definition) is 2. The molecule has 2 bridgehead atoms. The van der Waals surface area contributed by atoms with Crippen molar-refractivity contribution in [2.45, 2.75) is 26.2 Å². The summed E-state index contributed by atoms with van der Waals surface area (Å²) in [6.45, 7) is 1.39. The largest absolute Gasteiger partial charge is 0.481 e. The van der Waals surface area contributed by atoms with Crippen LogP contribution in [0.3, 0.4) is 0 Å². The van der Waals surface area contributed by atoms with Gasteiger partial charge in [-0.15, -0.1) is 0 Å². The fraction of sp³-hybridized carbons (Fsp3) is 0.700. The van der Waals surface area contributed by atoms with Crippen LogP contribution < -0.4 is 0 Å². The highest BCUT2D eigenvalue weighted by atomic mass is 16.4. The first-order valence-electron chi connectivity index (χ1n) is 4.64. The van der Waals surface area contributed by atoms with Crippen molar-refractivity contribution in [3.63, 3.8) is 0 Å². The normalized spacial score (nSPS) is 29.2. The summed E-state index contributed by atoms with van der Waals surface area (Å²) in [4.78, 5) is 9.00. The molecule has 0 aromatic heterocycles. The van der Waals surface area contributed by atoms with Crippen molar-refractivity contribution in [3.8, 4) is 0 Å². The molecule has 74 valence electrons. The van der Waals surface area contributed by atoms with Crippen molar-refractivity contribution >= 4 is 5.97 Å². The van der Waals surface area contributed by atoms with Gasteiger partial charge < -0.3 is 10.2 Å². The van der Waals surface area contributed by atoms with E-state index in [1.165, 1.54) is 24.8 Å². The molecule has 0 amide bonds. The molecule has 0 aliphatic heterocycles. The molecule has 2 N–H and O–H groups in total. The van der Waals surface area contributed by atoms with E-state index in [1.807, 2.05) is 0 Å². The molecule has 1 fully saturated rings. The molecule has 0 heterocycles. The third-order valence-corrected chi connectivity index (χ3v) is 2.63. The van der Waals surface area contributed by atoms with Crippen LogP contribution in [0.2, 0.25) is 0 Å². The first-order valence-corrected chi connectivity index (χ1v) is 4.64. The molecule has 0 spiro atoms. The van der Waals surface area contributed by atoms with Gasteiger partial charge in [-0.3, -0.25) is 4.79 Å². The lowest BCUT2D eigenvalue weighted by Crippen LogP contribution is -2.00. The number of carbonyl (C=O) groups is 1. The molecule has 3 heteroatoms. The second-order valence-corrected chi connectivity index (χ2v) is 3.69. The third-order valence-electron chi connectivity index (χ3n) is 2.63. The Bertz CT molecular complexity index is 216. The Balaban J connectivity index is 0.000000184. The minimum Gasteiger partial charge on any atom is -0.481 e. The summed E-state index contributed by atoms with van der Waals surface area (Å²) in [5, 5.41) is 16.2. The Morgan fingerprint density at radius 2 is 2.23 bits per heavy atom. The average molecular weight is 184 g/mol. The first kappa shape index (κ1) is 10.3. The van der Waals surface area contributed by atoms with Gasteiger partial charge in [0.2, 0.25) is 0 Å².